The summed E-state index contributed by atoms with van der Waals surface area (Å²) in [4.78, 5) is 69.7. The number of esters is 2. The number of hydrogen-bond acceptors (Lipinski definition) is 9. The Bertz CT molecular complexity index is 1270. The van der Waals surface area contributed by atoms with Crippen LogP contribution in [0.2, 0.25) is 0 Å². The predicted molar refractivity (Wildman–Crippen MR) is 173 cm³/mol. The molecule has 2 amide bonds. The van der Waals surface area contributed by atoms with Gasteiger partial charge in [-0.05, 0) is 50.5 Å². The highest BCUT2D eigenvalue weighted by Gasteiger charge is 2.52. The Morgan fingerprint density at radius 2 is 1.70 bits per heavy atom. The van der Waals surface area contributed by atoms with E-state index in [1.54, 1.807) is 17.1 Å². The quantitative estimate of drug-likeness (QED) is 0.132. The number of piperidine rings is 1. The van der Waals surface area contributed by atoms with Crippen LogP contribution in [0.3, 0.4) is 0 Å². The summed E-state index contributed by atoms with van der Waals surface area (Å²) in [6, 6.07) is 8.46. The Labute approximate surface area is 277 Å². The zero-order chi connectivity index (χ0) is 33.8. The van der Waals surface area contributed by atoms with E-state index in [1.165, 1.54) is 12.0 Å². The maximum atomic E-state index is 13.9. The molecular weight excluding hydrogens is 604 g/mol. The first-order chi connectivity index (χ1) is 22.7. The maximum absolute atomic E-state index is 13.9. The van der Waals surface area contributed by atoms with Crippen LogP contribution in [-0.4, -0.2) is 97.5 Å². The third-order valence-corrected chi connectivity index (χ3v) is 9.41. The standard InChI is InChI=1S/C36H48N2O9/c1-4-12-27(13-5-2)35(43)46-23-29(45-22-26-14-7-6-8-15-26)21-37-20-28-16-11-17-30(33(37)41)38(28)34(42)32(40)36(18-9-10-19-36)25-47-31(39)24-44-3/h4-8,14-15,27-30H,1-2,9-13,16-25H2,3H3/t28?,29-,30?/m0/s1. The second-order valence-corrected chi connectivity index (χ2v) is 12.8. The Morgan fingerprint density at radius 1 is 1.00 bits per heavy atom. The molecule has 3 fully saturated rings. The first-order valence-corrected chi connectivity index (χ1v) is 16.6. The van der Waals surface area contributed by atoms with E-state index in [0.717, 1.165) is 24.8 Å². The molecule has 0 radical (unpaired) electrons. The van der Waals surface area contributed by atoms with E-state index in [9.17, 15) is 24.0 Å². The van der Waals surface area contributed by atoms with Gasteiger partial charge < -0.3 is 28.7 Å². The van der Waals surface area contributed by atoms with Crippen LogP contribution in [0.25, 0.3) is 0 Å². The molecule has 1 saturated carbocycles. The van der Waals surface area contributed by atoms with Crippen LogP contribution >= 0.6 is 0 Å². The molecule has 11 nitrogen and oxygen atoms in total. The molecular formula is C36H48N2O9. The number of fused-ring (bicyclic) bond motifs is 2. The molecule has 2 saturated heterocycles. The minimum absolute atomic E-state index is 0.0546. The number of allylic oxidation sites excluding steroid dienone is 2. The first-order valence-electron chi connectivity index (χ1n) is 16.6. The van der Waals surface area contributed by atoms with Crippen LogP contribution in [0.5, 0.6) is 0 Å². The summed E-state index contributed by atoms with van der Waals surface area (Å²) in [5.74, 6) is -2.92. The van der Waals surface area contributed by atoms with E-state index in [4.69, 9.17) is 18.9 Å². The predicted octanol–water partition coefficient (Wildman–Crippen LogP) is 3.79. The highest BCUT2D eigenvalue weighted by molar-refractivity contribution is 6.38. The number of likely N-dealkylation sites (tertiary alicyclic amines) is 1. The van der Waals surface area contributed by atoms with E-state index in [-0.39, 0.29) is 57.4 Å². The Morgan fingerprint density at radius 3 is 2.36 bits per heavy atom. The molecule has 1 aromatic carbocycles. The van der Waals surface area contributed by atoms with Crippen molar-refractivity contribution in [1.82, 2.24) is 9.80 Å². The van der Waals surface area contributed by atoms with Gasteiger partial charge in [0.25, 0.3) is 5.91 Å². The second kappa shape index (κ2) is 17.4. The topological polar surface area (TPSA) is 129 Å². The molecule has 0 aromatic heterocycles. The van der Waals surface area contributed by atoms with Crippen LogP contribution in [0.15, 0.2) is 55.6 Å². The normalized spacial score (nSPS) is 20.9. The second-order valence-electron chi connectivity index (χ2n) is 12.8. The molecule has 11 heteroatoms. The van der Waals surface area contributed by atoms with Crippen LogP contribution in [0, 0.1) is 11.3 Å². The number of carbonyl (C=O) groups is 5. The first kappa shape index (κ1) is 36.0. The summed E-state index contributed by atoms with van der Waals surface area (Å²) in [6.07, 6.45) is 7.85. The molecule has 3 aliphatic rings. The minimum Gasteiger partial charge on any atom is -0.463 e. The maximum Gasteiger partial charge on any atom is 0.332 e. The average molecular weight is 653 g/mol. The van der Waals surface area contributed by atoms with E-state index in [0.29, 0.717) is 38.5 Å². The fourth-order valence-corrected chi connectivity index (χ4v) is 6.91. The van der Waals surface area contributed by atoms with Crippen molar-refractivity contribution in [2.24, 2.45) is 11.3 Å². The molecule has 1 aliphatic carbocycles. The number of hydrogen-bond donors (Lipinski definition) is 0. The lowest BCUT2D eigenvalue weighted by Crippen LogP contribution is -2.67. The molecule has 1 aromatic rings. The van der Waals surface area contributed by atoms with Gasteiger partial charge in [-0.3, -0.25) is 19.2 Å². The summed E-state index contributed by atoms with van der Waals surface area (Å²) in [6.45, 7) is 7.65. The van der Waals surface area contributed by atoms with Crippen molar-refractivity contribution in [3.8, 4) is 0 Å². The van der Waals surface area contributed by atoms with Crippen molar-refractivity contribution >= 4 is 29.5 Å². The van der Waals surface area contributed by atoms with E-state index >= 15 is 0 Å². The zero-order valence-electron chi connectivity index (χ0n) is 27.4. The number of amides is 2. The molecule has 2 unspecified atom stereocenters. The smallest absolute Gasteiger partial charge is 0.332 e. The van der Waals surface area contributed by atoms with E-state index < -0.39 is 41.1 Å². The highest BCUT2D eigenvalue weighted by atomic mass is 16.6. The average Bonchev–Trinajstić information content (AvgIpc) is 3.57. The fourth-order valence-electron chi connectivity index (χ4n) is 6.91. The molecule has 0 spiro atoms. The Balaban J connectivity index is 1.46. The minimum atomic E-state index is -1.09. The van der Waals surface area contributed by atoms with Crippen LogP contribution < -0.4 is 0 Å². The number of piperazine rings is 1. The monoisotopic (exact) mass is 652 g/mol. The summed E-state index contributed by atoms with van der Waals surface area (Å²) < 4.78 is 22.1. The van der Waals surface area contributed by atoms with Gasteiger partial charge in [-0.15, -0.1) is 13.2 Å². The zero-order valence-corrected chi connectivity index (χ0v) is 27.4. The highest BCUT2D eigenvalue weighted by Crippen LogP contribution is 2.41. The molecule has 47 heavy (non-hydrogen) atoms. The number of ether oxygens (including phenoxy) is 4. The number of benzene rings is 1. The number of methoxy groups -OCH3 is 1. The van der Waals surface area contributed by atoms with Gasteiger partial charge in [0.1, 0.15) is 32.0 Å². The molecule has 3 atom stereocenters. The van der Waals surface area contributed by atoms with Gasteiger partial charge in [0, 0.05) is 13.7 Å². The summed E-state index contributed by atoms with van der Waals surface area (Å²) in [7, 11) is 1.38. The van der Waals surface area contributed by atoms with Crippen LogP contribution in [0.4, 0.5) is 0 Å². The molecule has 2 aliphatic heterocycles. The summed E-state index contributed by atoms with van der Waals surface area (Å²) in [5.41, 5.74) is -0.157. The lowest BCUT2D eigenvalue weighted by Gasteiger charge is -2.50. The lowest BCUT2D eigenvalue weighted by atomic mass is 9.80. The van der Waals surface area contributed by atoms with Gasteiger partial charge in [-0.1, -0.05) is 55.3 Å². The molecule has 2 bridgehead atoms. The van der Waals surface area contributed by atoms with Crippen molar-refractivity contribution in [2.75, 3.05) is 40.0 Å². The van der Waals surface area contributed by atoms with Crippen molar-refractivity contribution in [1.29, 1.82) is 0 Å². The summed E-state index contributed by atoms with van der Waals surface area (Å²) >= 11 is 0. The van der Waals surface area contributed by atoms with Crippen LogP contribution in [0.1, 0.15) is 63.4 Å². The molecule has 4 rings (SSSR count). The molecule has 256 valence electrons. The molecule has 2 heterocycles. The largest absolute Gasteiger partial charge is 0.463 e. The number of Topliss-reactive ketones (excluding diaryl/α,β-unsaturated/α-hetero) is 1. The number of rotatable bonds is 18. The van der Waals surface area contributed by atoms with Gasteiger partial charge in [-0.2, -0.15) is 0 Å². The Hall–Kier alpha value is -3.83. The van der Waals surface area contributed by atoms with Gasteiger partial charge in [0.15, 0.2) is 0 Å². The van der Waals surface area contributed by atoms with Crippen molar-refractivity contribution in [2.45, 2.75) is 82.6 Å². The third kappa shape index (κ3) is 9.16. The van der Waals surface area contributed by atoms with Gasteiger partial charge in [-0.25, -0.2) is 4.79 Å². The third-order valence-electron chi connectivity index (χ3n) is 9.41. The lowest BCUT2D eigenvalue weighted by molar-refractivity contribution is -0.169. The van der Waals surface area contributed by atoms with Gasteiger partial charge >= 0.3 is 11.9 Å². The van der Waals surface area contributed by atoms with Crippen molar-refractivity contribution < 1.29 is 42.9 Å². The molecule has 0 N–H and O–H groups in total. The van der Waals surface area contributed by atoms with Crippen molar-refractivity contribution in [3.63, 3.8) is 0 Å². The SMILES string of the molecule is C=CCC(CC=C)C(=O)OC[C@H](CN1CC2CCCC(C1=O)N2C(=O)C(=O)C1(COC(=O)COC)CCCC1)OCc1ccccc1. The summed E-state index contributed by atoms with van der Waals surface area (Å²) in [5, 5.41) is 0. The number of carbonyl (C=O) groups excluding carboxylic acids is 5. The number of nitrogens with zero attached hydrogens (tertiary/aromatic N) is 2. The van der Waals surface area contributed by atoms with Gasteiger partial charge in [0.05, 0.1) is 30.5 Å². The van der Waals surface area contributed by atoms with E-state index in [2.05, 4.69) is 13.2 Å². The van der Waals surface area contributed by atoms with Crippen molar-refractivity contribution in [3.05, 3.63) is 61.2 Å². The van der Waals surface area contributed by atoms with E-state index in [1.807, 2.05) is 30.3 Å². The van der Waals surface area contributed by atoms with Crippen LogP contribution in [-0.2, 0) is 49.5 Å². The fraction of sp³-hybridized carbons (Fsp3) is 0.583. The number of ketones is 1. The Kier molecular flexibility index (Phi) is 13.3. The van der Waals surface area contributed by atoms with Gasteiger partial charge in [0.2, 0.25) is 11.7 Å².